The van der Waals surface area contributed by atoms with Crippen LogP contribution in [0.15, 0.2) is 83.3 Å². The molecular weight excluding hydrogens is 456 g/mol. The minimum absolute atomic E-state index is 0.0887. The fourth-order valence-electron chi connectivity index (χ4n) is 3.83. The number of aliphatic hydroxyl groups is 1. The number of anilines is 1. The number of carbonyl (C=O) groups excluding carboxylic acids is 2. The van der Waals surface area contributed by atoms with Crippen molar-refractivity contribution in [1.82, 2.24) is 4.90 Å². The highest BCUT2D eigenvalue weighted by atomic mass is 79.9. The fraction of sp³-hybridized carbons (Fsp3) is 0.200. The van der Waals surface area contributed by atoms with Gasteiger partial charge in [-0.1, -0.05) is 70.5 Å². The summed E-state index contributed by atoms with van der Waals surface area (Å²) < 4.78 is 0.963. The smallest absolute Gasteiger partial charge is 0.321 e. The van der Waals surface area contributed by atoms with E-state index in [2.05, 4.69) is 21.2 Å². The quantitative estimate of drug-likeness (QED) is 0.506. The molecule has 0 atom stereocenters. The predicted octanol–water partition coefficient (Wildman–Crippen LogP) is 5.20. The average molecular weight is 479 g/mol. The van der Waals surface area contributed by atoms with Gasteiger partial charge < -0.3 is 15.3 Å². The normalized spacial score (nSPS) is 15.4. The molecule has 3 aromatic rings. The Morgan fingerprint density at radius 1 is 0.871 bits per heavy atom. The molecule has 0 unspecified atom stereocenters. The molecular formula is C25H23BrN2O3. The Labute approximate surface area is 189 Å². The van der Waals surface area contributed by atoms with Gasteiger partial charge in [0.25, 0.3) is 0 Å². The van der Waals surface area contributed by atoms with Crippen LogP contribution in [-0.2, 0) is 5.60 Å². The van der Waals surface area contributed by atoms with Gasteiger partial charge >= 0.3 is 6.03 Å². The Kier molecular flexibility index (Phi) is 6.20. The van der Waals surface area contributed by atoms with Crippen LogP contribution in [0.2, 0.25) is 0 Å². The number of urea groups is 1. The third-order valence-electron chi connectivity index (χ3n) is 5.67. The van der Waals surface area contributed by atoms with E-state index in [0.717, 1.165) is 10.0 Å². The third-order valence-corrected chi connectivity index (χ3v) is 6.20. The van der Waals surface area contributed by atoms with Crippen LogP contribution < -0.4 is 5.32 Å². The molecule has 3 aromatic carbocycles. The van der Waals surface area contributed by atoms with Crippen LogP contribution >= 0.6 is 15.9 Å². The number of amides is 2. The van der Waals surface area contributed by atoms with Gasteiger partial charge in [0.15, 0.2) is 5.78 Å². The zero-order valence-corrected chi connectivity index (χ0v) is 18.5. The molecule has 2 amide bonds. The van der Waals surface area contributed by atoms with Crippen molar-refractivity contribution in [2.24, 2.45) is 0 Å². The van der Waals surface area contributed by atoms with E-state index in [9.17, 15) is 14.7 Å². The summed E-state index contributed by atoms with van der Waals surface area (Å²) >= 11 is 3.41. The Bertz CT molecular complexity index is 1080. The second-order valence-corrected chi connectivity index (χ2v) is 8.65. The first-order chi connectivity index (χ1) is 14.9. The van der Waals surface area contributed by atoms with Crippen molar-refractivity contribution < 1.29 is 14.7 Å². The number of nitrogens with zero attached hydrogens (tertiary/aromatic N) is 1. The van der Waals surface area contributed by atoms with E-state index in [-0.39, 0.29) is 11.8 Å². The first kappa shape index (κ1) is 21.3. The molecule has 0 bridgehead atoms. The number of benzene rings is 3. The van der Waals surface area contributed by atoms with Crippen LogP contribution in [0, 0.1) is 0 Å². The third kappa shape index (κ3) is 4.86. The monoisotopic (exact) mass is 478 g/mol. The molecule has 0 aliphatic carbocycles. The first-order valence-corrected chi connectivity index (χ1v) is 11.0. The molecule has 31 heavy (non-hydrogen) atoms. The number of likely N-dealkylation sites (tertiary alicyclic amines) is 1. The summed E-state index contributed by atoms with van der Waals surface area (Å²) in [7, 11) is 0. The molecule has 5 nitrogen and oxygen atoms in total. The lowest BCUT2D eigenvalue weighted by atomic mass is 9.84. The van der Waals surface area contributed by atoms with Crippen molar-refractivity contribution in [3.63, 3.8) is 0 Å². The van der Waals surface area contributed by atoms with Gasteiger partial charge in [0.05, 0.1) is 5.60 Å². The molecule has 2 N–H and O–H groups in total. The van der Waals surface area contributed by atoms with Gasteiger partial charge in [-0.2, -0.15) is 0 Å². The molecule has 0 aromatic heterocycles. The van der Waals surface area contributed by atoms with E-state index in [1.807, 2.05) is 42.5 Å². The van der Waals surface area contributed by atoms with E-state index in [1.165, 1.54) is 0 Å². The van der Waals surface area contributed by atoms with Gasteiger partial charge in [0.1, 0.15) is 0 Å². The van der Waals surface area contributed by atoms with Crippen LogP contribution in [0.3, 0.4) is 0 Å². The molecule has 1 heterocycles. The number of rotatable bonds is 4. The SMILES string of the molecule is O=C(c1ccccc1)c1cccc(NC(=O)N2CCC(O)(c3ccc(Br)cc3)CC2)c1. The maximum absolute atomic E-state index is 12.8. The number of carbonyl (C=O) groups is 2. The average Bonchev–Trinajstić information content (AvgIpc) is 2.80. The lowest BCUT2D eigenvalue weighted by Gasteiger charge is -2.38. The first-order valence-electron chi connectivity index (χ1n) is 10.2. The number of nitrogens with one attached hydrogen (secondary N) is 1. The zero-order valence-electron chi connectivity index (χ0n) is 16.9. The van der Waals surface area contributed by atoms with E-state index in [0.29, 0.717) is 42.7 Å². The van der Waals surface area contributed by atoms with Crippen LogP contribution in [0.4, 0.5) is 10.5 Å². The fourth-order valence-corrected chi connectivity index (χ4v) is 4.09. The van der Waals surface area contributed by atoms with Crippen molar-refractivity contribution in [3.05, 3.63) is 100 Å². The second-order valence-electron chi connectivity index (χ2n) is 7.73. The molecule has 0 spiro atoms. The Balaban J connectivity index is 1.39. The summed E-state index contributed by atoms with van der Waals surface area (Å²) in [4.78, 5) is 27.1. The van der Waals surface area contributed by atoms with Gasteiger partial charge in [-0.15, -0.1) is 0 Å². The van der Waals surface area contributed by atoms with Crippen LogP contribution in [0.5, 0.6) is 0 Å². The topological polar surface area (TPSA) is 69.6 Å². The predicted molar refractivity (Wildman–Crippen MR) is 124 cm³/mol. The highest BCUT2D eigenvalue weighted by Gasteiger charge is 2.35. The molecule has 1 fully saturated rings. The summed E-state index contributed by atoms with van der Waals surface area (Å²) in [5, 5.41) is 13.9. The van der Waals surface area contributed by atoms with Gasteiger partial charge in [-0.25, -0.2) is 4.79 Å². The number of hydrogen-bond acceptors (Lipinski definition) is 3. The molecule has 1 aliphatic rings. The van der Waals surface area contributed by atoms with Crippen LogP contribution in [0.1, 0.15) is 34.3 Å². The Morgan fingerprint density at radius 2 is 1.52 bits per heavy atom. The Morgan fingerprint density at radius 3 is 2.19 bits per heavy atom. The van der Waals surface area contributed by atoms with Gasteiger partial charge in [0, 0.05) is 34.4 Å². The lowest BCUT2D eigenvalue weighted by molar-refractivity contribution is -0.0157. The standard InChI is InChI=1S/C25H23BrN2O3/c26-21-11-9-20(10-12-21)25(31)13-15-28(16-14-25)24(30)27-22-8-4-7-19(17-22)23(29)18-5-2-1-3-6-18/h1-12,17,31H,13-16H2,(H,27,30). The summed E-state index contributed by atoms with van der Waals surface area (Å²) in [6.07, 6.45) is 0.934. The molecule has 1 aliphatic heterocycles. The second kappa shape index (κ2) is 9.04. The molecule has 1 saturated heterocycles. The number of piperidine rings is 1. The van der Waals surface area contributed by atoms with Gasteiger partial charge in [-0.05, 0) is 42.7 Å². The van der Waals surface area contributed by atoms with Gasteiger partial charge in [-0.3, -0.25) is 4.79 Å². The summed E-state index contributed by atoms with van der Waals surface area (Å²) in [6, 6.07) is 23.4. The zero-order chi connectivity index (χ0) is 21.8. The van der Waals surface area contributed by atoms with Gasteiger partial charge in [0.2, 0.25) is 0 Å². The number of hydrogen-bond donors (Lipinski definition) is 2. The summed E-state index contributed by atoms with van der Waals surface area (Å²) in [5.41, 5.74) is 1.63. The van der Waals surface area contributed by atoms with Crippen LogP contribution in [0.25, 0.3) is 0 Å². The van der Waals surface area contributed by atoms with Crippen molar-refractivity contribution >= 4 is 33.4 Å². The lowest BCUT2D eigenvalue weighted by Crippen LogP contribution is -2.46. The number of halogens is 1. The van der Waals surface area contributed by atoms with E-state index >= 15 is 0 Å². The highest BCUT2D eigenvalue weighted by molar-refractivity contribution is 9.10. The van der Waals surface area contributed by atoms with Crippen molar-refractivity contribution in [2.45, 2.75) is 18.4 Å². The maximum Gasteiger partial charge on any atom is 0.321 e. The molecule has 0 radical (unpaired) electrons. The summed E-state index contributed by atoms with van der Waals surface area (Å²) in [6.45, 7) is 0.891. The van der Waals surface area contributed by atoms with E-state index < -0.39 is 5.60 Å². The number of ketones is 1. The summed E-state index contributed by atoms with van der Waals surface area (Å²) in [5.74, 6) is -0.0887. The minimum atomic E-state index is -0.931. The van der Waals surface area contributed by atoms with Crippen molar-refractivity contribution in [1.29, 1.82) is 0 Å². The van der Waals surface area contributed by atoms with Crippen molar-refractivity contribution in [3.8, 4) is 0 Å². The Hall–Kier alpha value is -2.96. The van der Waals surface area contributed by atoms with E-state index in [4.69, 9.17) is 0 Å². The molecule has 158 valence electrons. The maximum atomic E-state index is 12.8. The highest BCUT2D eigenvalue weighted by Crippen LogP contribution is 2.33. The minimum Gasteiger partial charge on any atom is -0.385 e. The molecule has 0 saturated carbocycles. The largest absolute Gasteiger partial charge is 0.385 e. The molecule has 4 rings (SSSR count). The molecule has 6 heteroatoms. The van der Waals surface area contributed by atoms with Crippen molar-refractivity contribution in [2.75, 3.05) is 18.4 Å². The van der Waals surface area contributed by atoms with Crippen LogP contribution in [-0.4, -0.2) is 34.9 Å². The van der Waals surface area contributed by atoms with E-state index in [1.54, 1.807) is 41.3 Å².